The van der Waals surface area contributed by atoms with E-state index in [4.69, 9.17) is 18.6 Å². The maximum absolute atomic E-state index is 12.1. The smallest absolute Gasteiger partial charge is 0.411 e. The number of fused-ring (bicyclic) bond motifs is 1. The number of nitrogens with zero attached hydrogens (tertiary/aromatic N) is 2. The van der Waals surface area contributed by atoms with Gasteiger partial charge in [-0.25, -0.2) is 9.78 Å². The minimum atomic E-state index is -0.461. The minimum absolute atomic E-state index is 0.172. The molecule has 1 saturated carbocycles. The number of ether oxygens (including phenoxy) is 3. The van der Waals surface area contributed by atoms with E-state index in [2.05, 4.69) is 33.1 Å². The van der Waals surface area contributed by atoms with Crippen molar-refractivity contribution in [2.45, 2.75) is 64.2 Å². The highest BCUT2D eigenvalue weighted by molar-refractivity contribution is 6.04. The number of nitrogens with one attached hydrogen (secondary N) is 1. The fraction of sp³-hybridized carbons (Fsp3) is 0.400. The third kappa shape index (κ3) is 4.88. The average Bonchev–Trinajstić information content (AvgIpc) is 3.50. The van der Waals surface area contributed by atoms with E-state index >= 15 is 0 Å². The van der Waals surface area contributed by atoms with Crippen molar-refractivity contribution in [3.63, 3.8) is 0 Å². The van der Waals surface area contributed by atoms with Gasteiger partial charge in [0, 0.05) is 41.6 Å². The first-order valence-corrected chi connectivity index (χ1v) is 13.5. The monoisotopic (exact) mass is 515 g/mol. The standard InChI is InChI=1S/C30H33N3O5/c1-19(2)37-30(34)32-21-8-6-20(7-9-21)29-28(26-17-36-18-31-26)25-11-10-24(38-23-12-14-35-15-13-23)16-27(25)33(29)22-4-3-5-22/h6-11,16-19,22-23H,3-5,12-15H2,1-2H3,(H,32,34). The van der Waals surface area contributed by atoms with Gasteiger partial charge in [0.15, 0.2) is 6.39 Å². The van der Waals surface area contributed by atoms with Gasteiger partial charge in [-0.3, -0.25) is 5.32 Å². The Labute approximate surface area is 221 Å². The molecule has 2 aliphatic rings. The number of oxazole rings is 1. The number of carbonyl (C=O) groups is 1. The van der Waals surface area contributed by atoms with Crippen LogP contribution in [0, 0.1) is 0 Å². The molecule has 6 rings (SSSR count). The third-order valence-electron chi connectivity index (χ3n) is 7.32. The SMILES string of the molecule is CC(C)OC(=O)Nc1ccc(-c2c(-c3cocn3)c3ccc(OC4CCOCC4)cc3n2C2CCC2)cc1. The molecule has 3 heterocycles. The van der Waals surface area contributed by atoms with Gasteiger partial charge in [0.1, 0.15) is 23.8 Å². The number of hydrogen-bond donors (Lipinski definition) is 1. The summed E-state index contributed by atoms with van der Waals surface area (Å²) in [6, 6.07) is 14.7. The second kappa shape index (κ2) is 10.5. The van der Waals surface area contributed by atoms with Gasteiger partial charge in [-0.15, -0.1) is 0 Å². The van der Waals surface area contributed by atoms with Crippen LogP contribution < -0.4 is 10.1 Å². The summed E-state index contributed by atoms with van der Waals surface area (Å²) in [6.45, 7) is 5.14. The molecule has 0 radical (unpaired) electrons. The van der Waals surface area contributed by atoms with E-state index in [1.165, 1.54) is 12.8 Å². The number of amides is 1. The zero-order chi connectivity index (χ0) is 26.1. The summed E-state index contributed by atoms with van der Waals surface area (Å²) in [4.78, 5) is 16.6. The Hall–Kier alpha value is -3.78. The topological polar surface area (TPSA) is 87.8 Å². The molecule has 2 fully saturated rings. The second-order valence-corrected chi connectivity index (χ2v) is 10.3. The van der Waals surface area contributed by atoms with Gasteiger partial charge < -0.3 is 23.2 Å². The van der Waals surface area contributed by atoms with E-state index in [9.17, 15) is 4.79 Å². The highest BCUT2D eigenvalue weighted by Crippen LogP contribution is 2.47. The Kier molecular flexibility index (Phi) is 6.81. The average molecular weight is 516 g/mol. The number of aromatic nitrogens is 2. The maximum Gasteiger partial charge on any atom is 0.411 e. The summed E-state index contributed by atoms with van der Waals surface area (Å²) < 4.78 is 25.0. The van der Waals surface area contributed by atoms with Crippen LogP contribution in [-0.2, 0) is 9.47 Å². The summed E-state index contributed by atoms with van der Waals surface area (Å²) in [5.41, 5.74) is 5.79. The molecule has 4 aromatic rings. The molecule has 1 saturated heterocycles. The molecule has 1 N–H and O–H groups in total. The molecule has 0 bridgehead atoms. The van der Waals surface area contributed by atoms with Crippen molar-refractivity contribution in [3.05, 3.63) is 55.1 Å². The van der Waals surface area contributed by atoms with Gasteiger partial charge in [0.05, 0.1) is 30.5 Å². The van der Waals surface area contributed by atoms with Crippen molar-refractivity contribution in [2.75, 3.05) is 18.5 Å². The zero-order valence-corrected chi connectivity index (χ0v) is 21.8. The Balaban J connectivity index is 1.44. The summed E-state index contributed by atoms with van der Waals surface area (Å²) >= 11 is 0. The zero-order valence-electron chi connectivity index (χ0n) is 21.8. The lowest BCUT2D eigenvalue weighted by molar-refractivity contribution is 0.0256. The molecule has 2 aromatic carbocycles. The van der Waals surface area contributed by atoms with E-state index in [1.807, 2.05) is 38.1 Å². The predicted octanol–water partition coefficient (Wildman–Crippen LogP) is 7.20. The number of benzene rings is 2. The molecule has 2 aromatic heterocycles. The fourth-order valence-corrected chi connectivity index (χ4v) is 5.33. The van der Waals surface area contributed by atoms with Crippen molar-refractivity contribution < 1.29 is 23.4 Å². The van der Waals surface area contributed by atoms with Gasteiger partial charge in [-0.2, -0.15) is 0 Å². The molecule has 8 heteroatoms. The first kappa shape index (κ1) is 24.6. The van der Waals surface area contributed by atoms with Crippen molar-refractivity contribution in [3.8, 4) is 28.3 Å². The lowest BCUT2D eigenvalue weighted by Gasteiger charge is -2.30. The molecular weight excluding hydrogens is 482 g/mol. The van der Waals surface area contributed by atoms with Crippen LogP contribution in [0.15, 0.2) is 59.5 Å². The first-order chi connectivity index (χ1) is 18.6. The normalized spacial score (nSPS) is 16.5. The summed E-state index contributed by atoms with van der Waals surface area (Å²) in [5, 5.41) is 3.92. The highest BCUT2D eigenvalue weighted by atomic mass is 16.6. The van der Waals surface area contributed by atoms with Crippen LogP contribution in [0.3, 0.4) is 0 Å². The van der Waals surface area contributed by atoms with Gasteiger partial charge in [0.25, 0.3) is 0 Å². The number of hydrogen-bond acceptors (Lipinski definition) is 6. The lowest BCUT2D eigenvalue weighted by Crippen LogP contribution is -2.25. The molecule has 1 aliphatic heterocycles. The third-order valence-corrected chi connectivity index (χ3v) is 7.32. The Morgan fingerprint density at radius 2 is 1.87 bits per heavy atom. The molecule has 198 valence electrons. The van der Waals surface area contributed by atoms with Gasteiger partial charge in [-0.1, -0.05) is 12.1 Å². The molecular formula is C30H33N3O5. The molecule has 1 aliphatic carbocycles. The summed E-state index contributed by atoms with van der Waals surface area (Å²) in [6.07, 6.45) is 7.98. The highest BCUT2D eigenvalue weighted by Gasteiger charge is 2.29. The fourth-order valence-electron chi connectivity index (χ4n) is 5.33. The van der Waals surface area contributed by atoms with E-state index in [1.54, 1.807) is 6.26 Å². The van der Waals surface area contributed by atoms with Gasteiger partial charge in [0.2, 0.25) is 0 Å². The minimum Gasteiger partial charge on any atom is -0.490 e. The van der Waals surface area contributed by atoms with Gasteiger partial charge >= 0.3 is 6.09 Å². The lowest BCUT2D eigenvalue weighted by atomic mass is 9.92. The predicted molar refractivity (Wildman–Crippen MR) is 145 cm³/mol. The van der Waals surface area contributed by atoms with Crippen LogP contribution in [0.25, 0.3) is 33.4 Å². The van der Waals surface area contributed by atoms with Gasteiger partial charge in [-0.05, 0) is 62.9 Å². The number of carbonyl (C=O) groups excluding carboxylic acids is 1. The molecule has 0 atom stereocenters. The van der Waals surface area contributed by atoms with Crippen LogP contribution in [0.4, 0.5) is 10.5 Å². The molecule has 38 heavy (non-hydrogen) atoms. The Bertz CT molecular complexity index is 1400. The second-order valence-electron chi connectivity index (χ2n) is 10.3. The van der Waals surface area contributed by atoms with E-state index in [0.717, 1.165) is 78.1 Å². The Morgan fingerprint density at radius 3 is 2.53 bits per heavy atom. The Morgan fingerprint density at radius 1 is 1.08 bits per heavy atom. The largest absolute Gasteiger partial charge is 0.490 e. The number of anilines is 1. The van der Waals surface area contributed by atoms with Crippen LogP contribution in [0.2, 0.25) is 0 Å². The van der Waals surface area contributed by atoms with Crippen molar-refractivity contribution in [1.82, 2.24) is 9.55 Å². The van der Waals surface area contributed by atoms with Crippen LogP contribution >= 0.6 is 0 Å². The summed E-state index contributed by atoms with van der Waals surface area (Å²) in [7, 11) is 0. The van der Waals surface area contributed by atoms with E-state index in [-0.39, 0.29) is 12.2 Å². The van der Waals surface area contributed by atoms with Crippen LogP contribution in [-0.4, -0.2) is 41.1 Å². The molecule has 8 nitrogen and oxygen atoms in total. The first-order valence-electron chi connectivity index (χ1n) is 13.5. The number of rotatable bonds is 7. The summed E-state index contributed by atoms with van der Waals surface area (Å²) in [5.74, 6) is 0.879. The van der Waals surface area contributed by atoms with E-state index < -0.39 is 6.09 Å². The maximum atomic E-state index is 12.1. The molecule has 0 spiro atoms. The molecule has 0 unspecified atom stereocenters. The van der Waals surface area contributed by atoms with Crippen molar-refractivity contribution in [1.29, 1.82) is 0 Å². The van der Waals surface area contributed by atoms with E-state index in [0.29, 0.717) is 11.7 Å². The van der Waals surface area contributed by atoms with Crippen molar-refractivity contribution >= 4 is 22.7 Å². The van der Waals surface area contributed by atoms with Crippen LogP contribution in [0.1, 0.15) is 52.0 Å². The quantitative estimate of drug-likeness (QED) is 0.280. The molecule has 1 amide bonds. The van der Waals surface area contributed by atoms with Crippen molar-refractivity contribution in [2.24, 2.45) is 0 Å². The van der Waals surface area contributed by atoms with Crippen LogP contribution in [0.5, 0.6) is 5.75 Å².